The molecule has 1 rings (SSSR count). The van der Waals surface area contributed by atoms with E-state index >= 15 is 0 Å². The highest BCUT2D eigenvalue weighted by molar-refractivity contribution is 9.10. The van der Waals surface area contributed by atoms with E-state index in [9.17, 15) is 18.0 Å². The first-order valence-electron chi connectivity index (χ1n) is 5.47. The number of carbonyl (C=O) groups is 1. The van der Waals surface area contributed by atoms with E-state index in [1.807, 2.05) is 0 Å². The second kappa shape index (κ2) is 6.66. The lowest BCUT2D eigenvalue weighted by molar-refractivity contribution is -0.274. The number of ether oxygens (including phenoxy) is 1. The van der Waals surface area contributed by atoms with Gasteiger partial charge >= 0.3 is 6.36 Å². The molecule has 1 atom stereocenters. The summed E-state index contributed by atoms with van der Waals surface area (Å²) in [6.07, 6.45) is -4.91. The van der Waals surface area contributed by atoms with Gasteiger partial charge in [0, 0.05) is 4.47 Å². The molecule has 1 unspecified atom stereocenters. The van der Waals surface area contributed by atoms with Gasteiger partial charge in [0.25, 0.3) is 0 Å². The first-order valence-corrected chi connectivity index (χ1v) is 6.27. The molecule has 0 heterocycles. The van der Waals surface area contributed by atoms with E-state index in [2.05, 4.69) is 31.1 Å². The van der Waals surface area contributed by atoms with Gasteiger partial charge in [0.2, 0.25) is 5.91 Å². The van der Waals surface area contributed by atoms with Crippen LogP contribution in [0.1, 0.15) is 6.92 Å². The largest absolute Gasteiger partial charge is 0.573 e. The molecule has 0 aliphatic heterocycles. The number of halogens is 4. The summed E-state index contributed by atoms with van der Waals surface area (Å²) in [7, 11) is 0. The number of benzene rings is 1. The normalized spacial score (nSPS) is 13.7. The number of nitrogens with zero attached hydrogens (tertiary/aromatic N) is 1. The molecular formula is C11H11BrF3N3O3. The van der Waals surface area contributed by atoms with Crippen molar-refractivity contribution in [2.75, 3.05) is 5.32 Å². The summed E-state index contributed by atoms with van der Waals surface area (Å²) in [6.45, 7) is 1.33. The van der Waals surface area contributed by atoms with Crippen LogP contribution < -0.4 is 15.8 Å². The van der Waals surface area contributed by atoms with Crippen molar-refractivity contribution in [1.29, 1.82) is 0 Å². The third-order valence-electron chi connectivity index (χ3n) is 2.38. The lowest BCUT2D eigenvalue weighted by Crippen LogP contribution is -2.32. The number of hydrogen-bond acceptors (Lipinski definition) is 4. The van der Waals surface area contributed by atoms with Crippen molar-refractivity contribution in [3.63, 3.8) is 0 Å². The second-order valence-corrected chi connectivity index (χ2v) is 4.84. The Morgan fingerprint density at radius 3 is 2.67 bits per heavy atom. The molecule has 4 N–H and O–H groups in total. The van der Waals surface area contributed by atoms with Crippen LogP contribution in [0, 0.1) is 5.92 Å². The fourth-order valence-electron chi connectivity index (χ4n) is 1.27. The maximum Gasteiger partial charge on any atom is 0.573 e. The quantitative estimate of drug-likeness (QED) is 0.329. The molecule has 0 fully saturated rings. The number of nitrogens with one attached hydrogen (secondary N) is 1. The standard InChI is InChI=1S/C11H11BrF3N3O3/c1-5(9(16)18-20)10(19)17-7-3-2-6(12)4-8(7)21-11(13,14)15/h2-5,20H,1H3,(H2,16,18)(H,17,19). The van der Waals surface area contributed by atoms with Gasteiger partial charge in [0.1, 0.15) is 0 Å². The summed E-state index contributed by atoms with van der Waals surface area (Å²) in [6, 6.07) is 3.70. The van der Waals surface area contributed by atoms with Crippen molar-refractivity contribution >= 4 is 33.4 Å². The molecule has 0 bridgehead atoms. The zero-order chi connectivity index (χ0) is 16.2. The molecule has 1 aromatic rings. The van der Waals surface area contributed by atoms with Crippen LogP contribution in [-0.2, 0) is 4.79 Å². The van der Waals surface area contributed by atoms with Crippen LogP contribution in [0.15, 0.2) is 27.8 Å². The SMILES string of the molecule is CC(C(=O)Nc1ccc(Br)cc1OC(F)(F)F)/C(N)=N/O. The van der Waals surface area contributed by atoms with Crippen molar-refractivity contribution in [3.8, 4) is 5.75 Å². The summed E-state index contributed by atoms with van der Waals surface area (Å²) in [5, 5.41) is 13.3. The van der Waals surface area contributed by atoms with E-state index in [0.717, 1.165) is 6.07 Å². The Labute approximate surface area is 125 Å². The smallest absolute Gasteiger partial charge is 0.409 e. The Kier molecular flexibility index (Phi) is 5.41. The molecule has 0 radical (unpaired) electrons. The molecule has 21 heavy (non-hydrogen) atoms. The highest BCUT2D eigenvalue weighted by Gasteiger charge is 2.32. The maximum absolute atomic E-state index is 12.3. The van der Waals surface area contributed by atoms with E-state index in [1.54, 1.807) is 0 Å². The molecule has 0 aliphatic carbocycles. The second-order valence-electron chi connectivity index (χ2n) is 3.92. The highest BCUT2D eigenvalue weighted by atomic mass is 79.9. The number of amidine groups is 1. The summed E-state index contributed by atoms with van der Waals surface area (Å²) in [5.41, 5.74) is 5.06. The summed E-state index contributed by atoms with van der Waals surface area (Å²) in [4.78, 5) is 11.8. The van der Waals surface area contributed by atoms with Crippen LogP contribution in [0.3, 0.4) is 0 Å². The molecular weight excluding hydrogens is 359 g/mol. The Morgan fingerprint density at radius 1 is 1.52 bits per heavy atom. The van der Waals surface area contributed by atoms with Gasteiger partial charge in [0.05, 0.1) is 11.6 Å². The van der Waals surface area contributed by atoms with E-state index in [1.165, 1.54) is 19.1 Å². The Bertz CT molecular complexity index is 563. The topological polar surface area (TPSA) is 96.9 Å². The number of hydrogen-bond donors (Lipinski definition) is 3. The summed E-state index contributed by atoms with van der Waals surface area (Å²) >= 11 is 3.00. The number of amides is 1. The molecule has 1 amide bonds. The zero-order valence-electron chi connectivity index (χ0n) is 10.6. The van der Waals surface area contributed by atoms with Crippen molar-refractivity contribution < 1.29 is 27.9 Å². The van der Waals surface area contributed by atoms with Gasteiger partial charge in [-0.05, 0) is 25.1 Å². The molecule has 0 aliphatic rings. The van der Waals surface area contributed by atoms with Gasteiger partial charge in [-0.15, -0.1) is 13.2 Å². The summed E-state index contributed by atoms with van der Waals surface area (Å²) in [5.74, 6) is -2.74. The lowest BCUT2D eigenvalue weighted by atomic mass is 10.1. The monoisotopic (exact) mass is 369 g/mol. The van der Waals surface area contributed by atoms with Crippen LogP contribution in [0.2, 0.25) is 0 Å². The van der Waals surface area contributed by atoms with Gasteiger partial charge in [-0.25, -0.2) is 0 Å². The van der Waals surface area contributed by atoms with Crippen molar-refractivity contribution in [1.82, 2.24) is 0 Å². The number of anilines is 1. The Hall–Kier alpha value is -1.97. The molecule has 0 saturated carbocycles. The van der Waals surface area contributed by atoms with E-state index < -0.39 is 23.9 Å². The van der Waals surface area contributed by atoms with Crippen molar-refractivity contribution in [3.05, 3.63) is 22.7 Å². The molecule has 1 aromatic carbocycles. The van der Waals surface area contributed by atoms with Crippen LogP contribution in [0.4, 0.5) is 18.9 Å². The van der Waals surface area contributed by atoms with Gasteiger partial charge in [-0.2, -0.15) is 0 Å². The first kappa shape index (κ1) is 17.1. The van der Waals surface area contributed by atoms with Crippen LogP contribution in [0.25, 0.3) is 0 Å². The fourth-order valence-corrected chi connectivity index (χ4v) is 1.61. The predicted octanol–water partition coefficient (Wildman–Crippen LogP) is 2.67. The van der Waals surface area contributed by atoms with Crippen molar-refractivity contribution in [2.45, 2.75) is 13.3 Å². The van der Waals surface area contributed by atoms with Crippen LogP contribution >= 0.6 is 15.9 Å². The van der Waals surface area contributed by atoms with Gasteiger partial charge in [-0.3, -0.25) is 4.79 Å². The Morgan fingerprint density at radius 2 is 2.14 bits per heavy atom. The van der Waals surface area contributed by atoms with E-state index in [0.29, 0.717) is 4.47 Å². The average Bonchev–Trinajstić information content (AvgIpc) is 2.38. The van der Waals surface area contributed by atoms with Crippen LogP contribution in [-0.4, -0.2) is 23.3 Å². The number of rotatable bonds is 4. The lowest BCUT2D eigenvalue weighted by Gasteiger charge is -2.16. The minimum Gasteiger partial charge on any atom is -0.409 e. The maximum atomic E-state index is 12.3. The third-order valence-corrected chi connectivity index (χ3v) is 2.87. The van der Waals surface area contributed by atoms with E-state index in [-0.39, 0.29) is 11.5 Å². The van der Waals surface area contributed by atoms with Gasteiger partial charge in [0.15, 0.2) is 11.6 Å². The minimum absolute atomic E-state index is 0.196. The number of nitrogens with two attached hydrogens (primary N) is 1. The number of alkyl halides is 3. The molecule has 0 aromatic heterocycles. The average molecular weight is 370 g/mol. The Balaban J connectivity index is 3.00. The molecule has 116 valence electrons. The first-order chi connectivity index (χ1) is 9.64. The van der Waals surface area contributed by atoms with E-state index in [4.69, 9.17) is 10.9 Å². The third kappa shape index (κ3) is 5.14. The predicted molar refractivity (Wildman–Crippen MR) is 72.0 cm³/mol. The summed E-state index contributed by atoms with van der Waals surface area (Å²) < 4.78 is 41.1. The minimum atomic E-state index is -4.91. The molecule has 0 spiro atoms. The molecule has 10 heteroatoms. The highest BCUT2D eigenvalue weighted by Crippen LogP contribution is 2.33. The van der Waals surface area contributed by atoms with Gasteiger partial charge in [-0.1, -0.05) is 21.1 Å². The fraction of sp³-hybridized carbons (Fsp3) is 0.273. The zero-order valence-corrected chi connectivity index (χ0v) is 12.2. The van der Waals surface area contributed by atoms with Crippen LogP contribution in [0.5, 0.6) is 5.75 Å². The van der Waals surface area contributed by atoms with Gasteiger partial charge < -0.3 is 21.0 Å². The molecule has 6 nitrogen and oxygen atoms in total. The number of carbonyl (C=O) groups excluding carboxylic acids is 1. The molecule has 0 saturated heterocycles. The van der Waals surface area contributed by atoms with Crippen molar-refractivity contribution in [2.24, 2.45) is 16.8 Å². The number of oxime groups is 1.